The third-order valence-corrected chi connectivity index (χ3v) is 9.41. The van der Waals surface area contributed by atoms with Crippen LogP contribution in [0.2, 0.25) is 0 Å². The van der Waals surface area contributed by atoms with Gasteiger partial charge in [-0.3, -0.25) is 0 Å². The Morgan fingerprint density at radius 1 is 0.594 bits per heavy atom. The molecule has 0 saturated heterocycles. The fourth-order valence-electron chi connectivity index (χ4n) is 6.06. The van der Waals surface area contributed by atoms with Gasteiger partial charge in [0.05, 0.1) is 0 Å². The molecule has 0 N–H and O–H groups in total. The molecular formula is C30H20OP+. The zero-order valence-corrected chi connectivity index (χ0v) is 18.3. The van der Waals surface area contributed by atoms with Crippen molar-refractivity contribution in [2.75, 3.05) is 0 Å². The van der Waals surface area contributed by atoms with Gasteiger partial charge in [-0.15, -0.1) is 0 Å². The second kappa shape index (κ2) is 6.48. The van der Waals surface area contributed by atoms with Crippen molar-refractivity contribution in [2.24, 2.45) is 0 Å². The van der Waals surface area contributed by atoms with Crippen LogP contribution in [0.1, 0.15) is 39.3 Å². The van der Waals surface area contributed by atoms with E-state index in [0.29, 0.717) is 0 Å². The molecule has 2 heteroatoms. The van der Waals surface area contributed by atoms with E-state index in [4.69, 9.17) is 0 Å². The van der Waals surface area contributed by atoms with Gasteiger partial charge in [0.1, 0.15) is 0 Å². The molecular weight excluding hydrogens is 407 g/mol. The number of hydrogen-bond acceptors (Lipinski definition) is 1. The molecule has 4 aromatic carbocycles. The Morgan fingerprint density at radius 3 is 1.69 bits per heavy atom. The fraction of sp³-hybridized carbons (Fsp3) is 0.0667. The first kappa shape index (κ1) is 18.1. The normalized spacial score (nSPS) is 23.4. The maximum absolute atomic E-state index is 14.7. The highest BCUT2D eigenvalue weighted by molar-refractivity contribution is 7.59. The molecule has 4 aromatic rings. The summed E-state index contributed by atoms with van der Waals surface area (Å²) in [5.74, 6) is 0.149. The van der Waals surface area contributed by atoms with Crippen molar-refractivity contribution in [3.8, 4) is 0 Å². The van der Waals surface area contributed by atoms with Gasteiger partial charge in [-0.05, 0) is 22.3 Å². The average Bonchev–Trinajstić information content (AvgIpc) is 3.19. The molecule has 32 heavy (non-hydrogen) atoms. The van der Waals surface area contributed by atoms with Crippen LogP contribution in [0.15, 0.2) is 121 Å². The van der Waals surface area contributed by atoms with E-state index in [1.807, 2.05) is 18.2 Å². The molecule has 4 aliphatic rings. The van der Waals surface area contributed by atoms with Gasteiger partial charge in [0.15, 0.2) is 5.31 Å². The molecule has 1 spiro atoms. The van der Waals surface area contributed by atoms with Crippen LogP contribution in [-0.2, 0) is 9.72 Å². The van der Waals surface area contributed by atoms with Crippen molar-refractivity contribution in [3.63, 3.8) is 0 Å². The third kappa shape index (κ3) is 2.10. The van der Waals surface area contributed by atoms with Gasteiger partial charge in [0.25, 0.3) is 0 Å². The summed E-state index contributed by atoms with van der Waals surface area (Å²) in [6.45, 7) is 0. The fourth-order valence-corrected chi connectivity index (χ4v) is 8.30. The van der Waals surface area contributed by atoms with E-state index in [1.165, 1.54) is 39.0 Å². The standard InChI is InChI=1S/C30H20OP/c31-32-27(20-11-3-1-4-12-20)19-26-28(21-13-5-2-6-14-21)29-22-15-7-9-17-24(22)30(26,32)25-18-10-8-16-23(25)29/h1-19,29H/q+1. The summed E-state index contributed by atoms with van der Waals surface area (Å²) in [6, 6.07) is 38.2. The SMILES string of the molecule is O=[P+]1C(c2ccccc2)=CC2=C(c3ccccc3)C3c4ccccc4C21c1ccccc13. The van der Waals surface area contributed by atoms with Crippen molar-refractivity contribution < 1.29 is 4.57 Å². The van der Waals surface area contributed by atoms with E-state index in [-0.39, 0.29) is 5.92 Å². The third-order valence-electron chi connectivity index (χ3n) is 7.25. The molecule has 8 rings (SSSR count). The molecule has 150 valence electrons. The van der Waals surface area contributed by atoms with E-state index in [0.717, 1.165) is 10.9 Å². The van der Waals surface area contributed by atoms with Gasteiger partial charge < -0.3 is 0 Å². The van der Waals surface area contributed by atoms with E-state index in [2.05, 4.69) is 97.1 Å². The van der Waals surface area contributed by atoms with Crippen LogP contribution in [0.25, 0.3) is 10.9 Å². The lowest BCUT2D eigenvalue weighted by atomic mass is 9.59. The monoisotopic (exact) mass is 427 g/mol. The molecule has 0 saturated carbocycles. The molecule has 1 unspecified atom stereocenters. The summed E-state index contributed by atoms with van der Waals surface area (Å²) in [7, 11) is -1.75. The summed E-state index contributed by atoms with van der Waals surface area (Å²) >= 11 is 0. The molecule has 3 aliphatic carbocycles. The van der Waals surface area contributed by atoms with Crippen LogP contribution in [0.5, 0.6) is 0 Å². The Labute approximate surface area is 188 Å². The molecule has 1 aliphatic heterocycles. The first-order chi connectivity index (χ1) is 15.8. The highest BCUT2D eigenvalue weighted by Gasteiger charge is 2.68. The molecule has 0 radical (unpaired) electrons. The van der Waals surface area contributed by atoms with Crippen LogP contribution in [0.4, 0.5) is 0 Å². The van der Waals surface area contributed by atoms with Crippen molar-refractivity contribution >= 4 is 18.7 Å². The van der Waals surface area contributed by atoms with Crippen LogP contribution in [0.3, 0.4) is 0 Å². The minimum absolute atomic E-state index is 0.149. The number of allylic oxidation sites excluding steroid dienone is 3. The first-order valence-corrected chi connectivity index (χ1v) is 12.3. The van der Waals surface area contributed by atoms with Crippen molar-refractivity contribution in [1.82, 2.24) is 0 Å². The van der Waals surface area contributed by atoms with Gasteiger partial charge in [0.2, 0.25) is 5.16 Å². The van der Waals surface area contributed by atoms with E-state index < -0.39 is 13.0 Å². The zero-order chi connectivity index (χ0) is 21.3. The Hall–Kier alpha value is -3.54. The summed E-state index contributed by atoms with van der Waals surface area (Å²) in [5, 5.41) is 0.323. The maximum atomic E-state index is 14.7. The van der Waals surface area contributed by atoms with Crippen LogP contribution in [-0.4, -0.2) is 0 Å². The van der Waals surface area contributed by atoms with Crippen LogP contribution in [0, 0.1) is 0 Å². The summed E-state index contributed by atoms with van der Waals surface area (Å²) < 4.78 is 14.7. The van der Waals surface area contributed by atoms with Gasteiger partial charge in [-0.25, -0.2) is 0 Å². The van der Waals surface area contributed by atoms with Crippen molar-refractivity contribution in [3.05, 3.63) is 154 Å². The number of rotatable bonds is 2. The van der Waals surface area contributed by atoms with Crippen molar-refractivity contribution in [1.29, 1.82) is 0 Å². The minimum Gasteiger partial charge on any atom is -0.0662 e. The second-order valence-electron chi connectivity index (χ2n) is 8.70. The molecule has 0 aromatic heterocycles. The predicted octanol–water partition coefficient (Wildman–Crippen LogP) is 7.73. The highest BCUT2D eigenvalue weighted by atomic mass is 31.1. The minimum atomic E-state index is -1.75. The number of hydrogen-bond donors (Lipinski definition) is 0. The zero-order valence-electron chi connectivity index (χ0n) is 17.4. The molecule has 0 fully saturated rings. The average molecular weight is 427 g/mol. The molecule has 0 amide bonds. The van der Waals surface area contributed by atoms with Gasteiger partial charge >= 0.3 is 7.80 Å². The lowest BCUT2D eigenvalue weighted by Crippen LogP contribution is -2.37. The van der Waals surface area contributed by atoms with Gasteiger partial charge in [0, 0.05) is 34.3 Å². The second-order valence-corrected chi connectivity index (χ2v) is 10.4. The summed E-state index contributed by atoms with van der Waals surface area (Å²) in [5.41, 5.74) is 9.79. The van der Waals surface area contributed by atoms with Gasteiger partial charge in [-0.2, -0.15) is 0 Å². The smallest absolute Gasteiger partial charge is 0.0662 e. The predicted molar refractivity (Wildman–Crippen MR) is 131 cm³/mol. The van der Waals surface area contributed by atoms with Crippen LogP contribution >= 0.6 is 7.80 Å². The summed E-state index contributed by atoms with van der Waals surface area (Å²) in [4.78, 5) is 0. The topological polar surface area (TPSA) is 17.1 Å². The quantitative estimate of drug-likeness (QED) is 0.299. The number of benzene rings is 4. The van der Waals surface area contributed by atoms with Crippen molar-refractivity contribution in [2.45, 2.75) is 11.1 Å². The Kier molecular flexibility index (Phi) is 3.66. The summed E-state index contributed by atoms with van der Waals surface area (Å²) in [6.07, 6.45) is 2.25. The molecule has 1 heterocycles. The molecule has 1 nitrogen and oxygen atoms in total. The van der Waals surface area contributed by atoms with E-state index in [1.54, 1.807) is 0 Å². The lowest BCUT2D eigenvalue weighted by molar-refractivity contribution is 0.576. The Morgan fingerprint density at radius 2 is 1.09 bits per heavy atom. The Balaban J connectivity index is 1.65. The lowest BCUT2D eigenvalue weighted by Gasteiger charge is -2.43. The first-order valence-electron chi connectivity index (χ1n) is 11.0. The largest absolute Gasteiger partial charge is 0.398 e. The molecule has 2 bridgehead atoms. The van der Waals surface area contributed by atoms with E-state index in [9.17, 15) is 4.57 Å². The van der Waals surface area contributed by atoms with Gasteiger partial charge in [-0.1, -0.05) is 114 Å². The maximum Gasteiger partial charge on any atom is 0.398 e. The van der Waals surface area contributed by atoms with Crippen LogP contribution < -0.4 is 0 Å². The van der Waals surface area contributed by atoms with E-state index >= 15 is 0 Å². The highest BCUT2D eigenvalue weighted by Crippen LogP contribution is 2.76. The molecule has 1 atom stereocenters. The Bertz CT molecular complexity index is 1430.